The van der Waals surface area contributed by atoms with Crippen molar-refractivity contribution in [3.8, 4) is 11.5 Å². The van der Waals surface area contributed by atoms with Gasteiger partial charge in [0.25, 0.3) is 5.91 Å². The fourth-order valence-corrected chi connectivity index (χ4v) is 3.66. The number of aromatic nitrogens is 3. The highest BCUT2D eigenvalue weighted by Crippen LogP contribution is 2.27. The summed E-state index contributed by atoms with van der Waals surface area (Å²) in [5, 5.41) is 8.27. The largest absolute Gasteiger partial charge is 0.497 e. The number of para-hydroxylation sites is 1. The molecule has 7 nitrogen and oxygen atoms in total. The summed E-state index contributed by atoms with van der Waals surface area (Å²) in [4.78, 5) is 17.4. The van der Waals surface area contributed by atoms with Crippen LogP contribution >= 0.6 is 0 Å². The van der Waals surface area contributed by atoms with Crippen molar-refractivity contribution in [1.29, 1.82) is 0 Å². The normalized spacial score (nSPS) is 11.0. The number of anilines is 1. The Kier molecular flexibility index (Phi) is 6.07. The second-order valence-corrected chi connectivity index (χ2v) is 7.81. The number of carbonyl (C=O) groups is 1. The number of pyridine rings is 1. The van der Waals surface area contributed by atoms with Crippen molar-refractivity contribution in [3.05, 3.63) is 77.6 Å². The van der Waals surface area contributed by atoms with Crippen LogP contribution in [-0.2, 0) is 6.54 Å². The van der Waals surface area contributed by atoms with Crippen molar-refractivity contribution in [2.45, 2.75) is 26.3 Å². The molecule has 1 amide bonds. The van der Waals surface area contributed by atoms with Gasteiger partial charge in [-0.2, -0.15) is 5.10 Å². The van der Waals surface area contributed by atoms with Crippen LogP contribution in [0.2, 0.25) is 0 Å². The van der Waals surface area contributed by atoms with Crippen LogP contribution in [0.3, 0.4) is 0 Å². The zero-order valence-corrected chi connectivity index (χ0v) is 18.6. The van der Waals surface area contributed by atoms with Crippen LogP contribution in [-0.4, -0.2) is 34.9 Å². The molecule has 0 aliphatic carbocycles. The van der Waals surface area contributed by atoms with Crippen molar-refractivity contribution >= 4 is 22.6 Å². The highest BCUT2D eigenvalue weighted by Gasteiger charge is 2.14. The number of rotatable bonds is 7. The average Bonchev–Trinajstić information content (AvgIpc) is 3.21. The molecule has 1 N–H and O–H groups in total. The van der Waals surface area contributed by atoms with Crippen LogP contribution in [0, 0.1) is 0 Å². The van der Waals surface area contributed by atoms with Gasteiger partial charge in [0.1, 0.15) is 11.5 Å². The molecule has 0 saturated heterocycles. The molecule has 0 saturated carbocycles. The molecule has 0 bridgehead atoms. The fourth-order valence-electron chi connectivity index (χ4n) is 3.66. The monoisotopic (exact) mass is 430 g/mol. The van der Waals surface area contributed by atoms with E-state index in [0.29, 0.717) is 29.4 Å². The summed E-state index contributed by atoms with van der Waals surface area (Å²) in [5.74, 6) is 1.55. The van der Waals surface area contributed by atoms with E-state index in [9.17, 15) is 4.79 Å². The molecule has 2 aromatic heterocycles. The first kappa shape index (κ1) is 21.4. The molecule has 0 atom stereocenters. The van der Waals surface area contributed by atoms with Gasteiger partial charge in [-0.15, -0.1) is 0 Å². The molecule has 0 unspecified atom stereocenters. The number of hydrogen-bond donors (Lipinski definition) is 1. The Morgan fingerprint density at radius 2 is 1.88 bits per heavy atom. The second kappa shape index (κ2) is 9.09. The lowest BCUT2D eigenvalue weighted by Gasteiger charge is -2.13. The highest BCUT2D eigenvalue weighted by atomic mass is 16.5. The minimum absolute atomic E-state index is 0.197. The van der Waals surface area contributed by atoms with Crippen molar-refractivity contribution in [3.63, 3.8) is 0 Å². The molecule has 0 fully saturated rings. The van der Waals surface area contributed by atoms with Crippen LogP contribution in [0.5, 0.6) is 11.5 Å². The maximum absolute atomic E-state index is 12.9. The molecule has 4 rings (SSSR count). The van der Waals surface area contributed by atoms with E-state index >= 15 is 0 Å². The van der Waals surface area contributed by atoms with E-state index in [1.54, 1.807) is 31.3 Å². The van der Waals surface area contributed by atoms with E-state index < -0.39 is 0 Å². The Morgan fingerprint density at radius 3 is 2.62 bits per heavy atom. The molecule has 164 valence electrons. The van der Waals surface area contributed by atoms with Crippen molar-refractivity contribution in [2.75, 3.05) is 19.5 Å². The maximum Gasteiger partial charge on any atom is 0.257 e. The number of fused-ring (bicyclic) bond motifs is 1. The third-order valence-corrected chi connectivity index (χ3v) is 5.38. The number of benzene rings is 2. The van der Waals surface area contributed by atoms with Crippen LogP contribution in [0.4, 0.5) is 5.69 Å². The minimum Gasteiger partial charge on any atom is -0.497 e. The summed E-state index contributed by atoms with van der Waals surface area (Å²) in [6.07, 6.45) is 3.30. The number of nitrogens with zero attached hydrogens (tertiary/aromatic N) is 3. The molecule has 2 heterocycles. The lowest BCUT2D eigenvalue weighted by Crippen LogP contribution is -2.14. The van der Waals surface area contributed by atoms with Gasteiger partial charge in [0, 0.05) is 28.9 Å². The summed E-state index contributed by atoms with van der Waals surface area (Å²) in [7, 11) is 3.24. The summed E-state index contributed by atoms with van der Waals surface area (Å²) in [5.41, 5.74) is 4.04. The second-order valence-electron chi connectivity index (χ2n) is 7.81. The molecule has 0 radical (unpaired) electrons. The smallest absolute Gasteiger partial charge is 0.257 e. The van der Waals surface area contributed by atoms with Crippen LogP contribution < -0.4 is 14.8 Å². The molecule has 0 aliphatic heterocycles. The summed E-state index contributed by atoms with van der Waals surface area (Å²) < 4.78 is 12.5. The Hall–Kier alpha value is -3.87. The number of ether oxygens (including phenoxy) is 2. The van der Waals surface area contributed by atoms with E-state index in [-0.39, 0.29) is 5.91 Å². The molecule has 7 heteroatoms. The Morgan fingerprint density at radius 1 is 1.06 bits per heavy atom. The van der Waals surface area contributed by atoms with Gasteiger partial charge >= 0.3 is 0 Å². The number of hydrogen-bond acceptors (Lipinski definition) is 5. The molecule has 2 aromatic carbocycles. The number of carbonyl (C=O) groups excluding carboxylic acids is 1. The quantitative estimate of drug-likeness (QED) is 0.452. The number of nitrogens with one attached hydrogen (secondary N) is 1. The summed E-state index contributed by atoms with van der Waals surface area (Å²) in [6, 6.07) is 15.3. The van der Waals surface area contributed by atoms with Gasteiger partial charge in [-0.3, -0.25) is 4.79 Å². The topological polar surface area (TPSA) is 78.3 Å². The van der Waals surface area contributed by atoms with Crippen LogP contribution in [0.1, 0.15) is 41.3 Å². The third kappa shape index (κ3) is 4.27. The zero-order valence-electron chi connectivity index (χ0n) is 18.6. The maximum atomic E-state index is 12.9. The lowest BCUT2D eigenvalue weighted by molar-refractivity contribution is 0.102. The van der Waals surface area contributed by atoms with E-state index in [1.165, 1.54) is 0 Å². The minimum atomic E-state index is -0.197. The Labute approximate surface area is 187 Å². The first-order valence-corrected chi connectivity index (χ1v) is 10.4. The van der Waals surface area contributed by atoms with E-state index in [0.717, 1.165) is 28.0 Å². The van der Waals surface area contributed by atoms with Crippen molar-refractivity contribution in [1.82, 2.24) is 14.8 Å². The molecule has 0 aliphatic rings. The van der Waals surface area contributed by atoms with E-state index in [1.807, 2.05) is 48.5 Å². The number of amides is 1. The highest BCUT2D eigenvalue weighted by molar-refractivity contribution is 6.06. The predicted octanol–water partition coefficient (Wildman–Crippen LogP) is 4.87. The zero-order chi connectivity index (χ0) is 22.7. The summed E-state index contributed by atoms with van der Waals surface area (Å²) in [6.45, 7) is 4.69. The molecular formula is C25H26N4O3. The Balaban J connectivity index is 1.58. The van der Waals surface area contributed by atoms with Gasteiger partial charge in [-0.1, -0.05) is 32.0 Å². The van der Waals surface area contributed by atoms with E-state index in [2.05, 4.69) is 29.2 Å². The number of methoxy groups -OCH3 is 2. The van der Waals surface area contributed by atoms with Gasteiger partial charge in [0.2, 0.25) is 0 Å². The first-order valence-electron chi connectivity index (χ1n) is 10.4. The summed E-state index contributed by atoms with van der Waals surface area (Å²) >= 11 is 0. The standard InChI is InChI=1S/C25H26N4O3/c1-16(2)21-7-5-6-8-22(21)28-25(30)19-11-18-14-27-29(24(18)26-13-19)15-17-9-10-20(31-3)12-23(17)32-4/h5-14,16H,15H2,1-4H3,(H,28,30). The Bertz CT molecular complexity index is 1260. The molecular weight excluding hydrogens is 404 g/mol. The predicted molar refractivity (Wildman–Crippen MR) is 125 cm³/mol. The van der Waals surface area contributed by atoms with Gasteiger partial charge in [0.15, 0.2) is 5.65 Å². The molecule has 0 spiro atoms. The van der Waals surface area contributed by atoms with Crippen LogP contribution in [0.15, 0.2) is 60.9 Å². The fraction of sp³-hybridized carbons (Fsp3) is 0.240. The van der Waals surface area contributed by atoms with Crippen molar-refractivity contribution in [2.24, 2.45) is 0 Å². The van der Waals surface area contributed by atoms with Gasteiger partial charge in [0.05, 0.1) is 32.5 Å². The van der Waals surface area contributed by atoms with Crippen LogP contribution in [0.25, 0.3) is 11.0 Å². The SMILES string of the molecule is COc1ccc(Cn2ncc3cc(C(=O)Nc4ccccc4C(C)C)cnc32)c(OC)c1. The molecule has 32 heavy (non-hydrogen) atoms. The molecule has 4 aromatic rings. The first-order chi connectivity index (χ1) is 15.5. The van der Waals surface area contributed by atoms with E-state index in [4.69, 9.17) is 9.47 Å². The van der Waals surface area contributed by atoms with Crippen molar-refractivity contribution < 1.29 is 14.3 Å². The lowest BCUT2D eigenvalue weighted by atomic mass is 10.0. The van der Waals surface area contributed by atoms with Gasteiger partial charge in [-0.05, 0) is 35.7 Å². The third-order valence-electron chi connectivity index (χ3n) is 5.38. The average molecular weight is 431 g/mol. The van der Waals surface area contributed by atoms with Gasteiger partial charge in [-0.25, -0.2) is 9.67 Å². The van der Waals surface area contributed by atoms with Gasteiger partial charge < -0.3 is 14.8 Å².